The van der Waals surface area contributed by atoms with Gasteiger partial charge in [-0.3, -0.25) is 9.59 Å². The fraction of sp³-hybridized carbons (Fsp3) is 0.211. The minimum atomic E-state index is -0.560. The van der Waals surface area contributed by atoms with Gasteiger partial charge in [-0.05, 0) is 49.2 Å². The first-order valence-corrected chi connectivity index (χ1v) is 7.75. The molecule has 0 aliphatic carbocycles. The number of methoxy groups -OCH3 is 1. The number of rotatable bonds is 5. The van der Waals surface area contributed by atoms with Crippen LogP contribution in [0.5, 0.6) is 0 Å². The van der Waals surface area contributed by atoms with Crippen LogP contribution in [0.15, 0.2) is 42.5 Å². The van der Waals surface area contributed by atoms with Crippen molar-refractivity contribution in [2.75, 3.05) is 17.7 Å². The Morgan fingerprint density at radius 3 is 2.28 bits per heavy atom. The van der Waals surface area contributed by atoms with Crippen LogP contribution in [0, 0.1) is 13.8 Å². The maximum atomic E-state index is 12.1. The van der Waals surface area contributed by atoms with E-state index < -0.39 is 17.8 Å². The predicted molar refractivity (Wildman–Crippen MR) is 95.6 cm³/mol. The first-order chi connectivity index (χ1) is 11.9. The van der Waals surface area contributed by atoms with Crippen LogP contribution in [-0.2, 0) is 14.3 Å². The van der Waals surface area contributed by atoms with Crippen molar-refractivity contribution in [2.45, 2.75) is 20.3 Å². The van der Waals surface area contributed by atoms with Gasteiger partial charge in [0.1, 0.15) is 6.42 Å². The number of para-hydroxylation sites is 1. The molecule has 0 saturated carbocycles. The standard InChI is InChI=1S/C19H20N2O4/c1-12-8-9-14(10-13(12)2)20-17(22)11-18(23)21-16-7-5-4-6-15(16)19(24)25-3/h4-10H,11H2,1-3H3,(H,20,22)(H,21,23). The molecule has 0 spiro atoms. The normalized spacial score (nSPS) is 10.0. The number of carbonyl (C=O) groups excluding carboxylic acids is 3. The molecule has 25 heavy (non-hydrogen) atoms. The summed E-state index contributed by atoms with van der Waals surface area (Å²) in [6, 6.07) is 12.0. The van der Waals surface area contributed by atoms with E-state index in [2.05, 4.69) is 15.4 Å². The average Bonchev–Trinajstić information content (AvgIpc) is 2.57. The van der Waals surface area contributed by atoms with Gasteiger partial charge < -0.3 is 15.4 Å². The molecule has 2 rings (SSSR count). The summed E-state index contributed by atoms with van der Waals surface area (Å²) < 4.78 is 4.67. The molecule has 2 N–H and O–H groups in total. The summed E-state index contributed by atoms with van der Waals surface area (Å²) in [6.45, 7) is 3.93. The van der Waals surface area contributed by atoms with Crippen molar-refractivity contribution in [1.82, 2.24) is 0 Å². The van der Waals surface area contributed by atoms with Crippen molar-refractivity contribution < 1.29 is 19.1 Å². The van der Waals surface area contributed by atoms with Crippen LogP contribution in [-0.4, -0.2) is 24.9 Å². The highest BCUT2D eigenvalue weighted by molar-refractivity contribution is 6.10. The fourth-order valence-corrected chi connectivity index (χ4v) is 2.24. The molecule has 6 nitrogen and oxygen atoms in total. The zero-order chi connectivity index (χ0) is 18.4. The van der Waals surface area contributed by atoms with E-state index >= 15 is 0 Å². The second kappa shape index (κ2) is 8.10. The summed E-state index contributed by atoms with van der Waals surface area (Å²) in [6.07, 6.45) is -0.359. The van der Waals surface area contributed by atoms with Gasteiger partial charge in [0.2, 0.25) is 11.8 Å². The Hall–Kier alpha value is -3.15. The topological polar surface area (TPSA) is 84.5 Å². The molecule has 0 unspecified atom stereocenters. The van der Waals surface area contributed by atoms with Crippen molar-refractivity contribution in [1.29, 1.82) is 0 Å². The molecule has 0 aromatic heterocycles. The Morgan fingerprint density at radius 2 is 1.60 bits per heavy atom. The van der Waals surface area contributed by atoms with E-state index in [1.807, 2.05) is 26.0 Å². The number of amides is 2. The number of hydrogen-bond donors (Lipinski definition) is 2. The van der Waals surface area contributed by atoms with E-state index in [0.29, 0.717) is 11.4 Å². The SMILES string of the molecule is COC(=O)c1ccccc1NC(=O)CC(=O)Nc1ccc(C)c(C)c1. The largest absolute Gasteiger partial charge is 0.465 e. The molecule has 6 heteroatoms. The van der Waals surface area contributed by atoms with Crippen molar-refractivity contribution in [3.05, 3.63) is 59.2 Å². The summed E-state index contributed by atoms with van der Waals surface area (Å²) >= 11 is 0. The monoisotopic (exact) mass is 340 g/mol. The van der Waals surface area contributed by atoms with Crippen molar-refractivity contribution in [3.8, 4) is 0 Å². The minimum Gasteiger partial charge on any atom is -0.465 e. The van der Waals surface area contributed by atoms with Gasteiger partial charge in [0.25, 0.3) is 0 Å². The zero-order valence-electron chi connectivity index (χ0n) is 14.4. The maximum Gasteiger partial charge on any atom is 0.339 e. The zero-order valence-corrected chi connectivity index (χ0v) is 14.4. The van der Waals surface area contributed by atoms with Crippen molar-refractivity contribution >= 4 is 29.2 Å². The maximum absolute atomic E-state index is 12.1. The molecule has 0 saturated heterocycles. The Kier molecular flexibility index (Phi) is 5.89. The van der Waals surface area contributed by atoms with Crippen LogP contribution < -0.4 is 10.6 Å². The second-order valence-corrected chi connectivity index (χ2v) is 5.61. The number of anilines is 2. The third kappa shape index (κ3) is 4.91. The fourth-order valence-electron chi connectivity index (χ4n) is 2.24. The molecular weight excluding hydrogens is 320 g/mol. The first kappa shape index (κ1) is 18.2. The lowest BCUT2D eigenvalue weighted by molar-refractivity contribution is -0.123. The van der Waals surface area contributed by atoms with E-state index in [1.54, 1.807) is 24.3 Å². The van der Waals surface area contributed by atoms with Gasteiger partial charge in [-0.2, -0.15) is 0 Å². The number of carbonyl (C=O) groups is 3. The smallest absolute Gasteiger partial charge is 0.339 e. The van der Waals surface area contributed by atoms with Crippen LogP contribution in [0.2, 0.25) is 0 Å². The molecule has 0 bridgehead atoms. The van der Waals surface area contributed by atoms with E-state index in [4.69, 9.17) is 0 Å². The Bertz CT molecular complexity index is 815. The van der Waals surface area contributed by atoms with E-state index in [-0.39, 0.29) is 12.0 Å². The highest BCUT2D eigenvalue weighted by Crippen LogP contribution is 2.17. The number of aryl methyl sites for hydroxylation is 2. The number of hydrogen-bond acceptors (Lipinski definition) is 4. The number of ether oxygens (including phenoxy) is 1. The molecule has 130 valence electrons. The van der Waals surface area contributed by atoms with Gasteiger partial charge in [-0.15, -0.1) is 0 Å². The Morgan fingerprint density at radius 1 is 0.920 bits per heavy atom. The first-order valence-electron chi connectivity index (χ1n) is 7.75. The summed E-state index contributed by atoms with van der Waals surface area (Å²) in [5.74, 6) is -1.51. The average molecular weight is 340 g/mol. The predicted octanol–water partition coefficient (Wildman–Crippen LogP) is 3.06. The molecule has 0 aliphatic rings. The summed E-state index contributed by atoms with van der Waals surface area (Å²) in [5.41, 5.74) is 3.34. The van der Waals surface area contributed by atoms with Crippen molar-refractivity contribution in [3.63, 3.8) is 0 Å². The quantitative estimate of drug-likeness (QED) is 0.647. The molecule has 0 radical (unpaired) electrons. The van der Waals surface area contributed by atoms with E-state index in [9.17, 15) is 14.4 Å². The van der Waals surface area contributed by atoms with Crippen LogP contribution in [0.25, 0.3) is 0 Å². The highest BCUT2D eigenvalue weighted by Gasteiger charge is 2.15. The summed E-state index contributed by atoms with van der Waals surface area (Å²) in [4.78, 5) is 35.8. The molecule has 0 aliphatic heterocycles. The van der Waals surface area contributed by atoms with Gasteiger partial charge in [-0.1, -0.05) is 18.2 Å². The molecule has 0 atom stereocenters. The summed E-state index contributed by atoms with van der Waals surface area (Å²) in [7, 11) is 1.26. The number of esters is 1. The third-order valence-corrected chi connectivity index (χ3v) is 3.72. The molecule has 2 amide bonds. The lowest BCUT2D eigenvalue weighted by Crippen LogP contribution is -2.22. The van der Waals surface area contributed by atoms with Gasteiger partial charge in [0, 0.05) is 5.69 Å². The van der Waals surface area contributed by atoms with Gasteiger partial charge >= 0.3 is 5.97 Å². The van der Waals surface area contributed by atoms with Crippen molar-refractivity contribution in [2.24, 2.45) is 0 Å². The van der Waals surface area contributed by atoms with Crippen LogP contribution in [0.4, 0.5) is 11.4 Å². The third-order valence-electron chi connectivity index (χ3n) is 3.72. The van der Waals surface area contributed by atoms with E-state index in [0.717, 1.165) is 11.1 Å². The summed E-state index contributed by atoms with van der Waals surface area (Å²) in [5, 5.41) is 5.25. The second-order valence-electron chi connectivity index (χ2n) is 5.61. The minimum absolute atomic E-state index is 0.230. The lowest BCUT2D eigenvalue weighted by atomic mass is 10.1. The molecule has 2 aromatic carbocycles. The molecule has 2 aromatic rings. The Balaban J connectivity index is 1.99. The highest BCUT2D eigenvalue weighted by atomic mass is 16.5. The van der Waals surface area contributed by atoms with Crippen LogP contribution >= 0.6 is 0 Å². The van der Waals surface area contributed by atoms with Gasteiger partial charge in [0.05, 0.1) is 18.4 Å². The number of benzene rings is 2. The molecule has 0 heterocycles. The van der Waals surface area contributed by atoms with Gasteiger partial charge in [-0.25, -0.2) is 4.79 Å². The van der Waals surface area contributed by atoms with E-state index in [1.165, 1.54) is 13.2 Å². The molecular formula is C19H20N2O4. The van der Waals surface area contributed by atoms with Crippen LogP contribution in [0.1, 0.15) is 27.9 Å². The molecule has 0 fully saturated rings. The number of nitrogens with one attached hydrogen (secondary N) is 2. The Labute approximate surface area is 146 Å². The van der Waals surface area contributed by atoms with Crippen LogP contribution in [0.3, 0.4) is 0 Å². The van der Waals surface area contributed by atoms with Gasteiger partial charge in [0.15, 0.2) is 0 Å². The lowest BCUT2D eigenvalue weighted by Gasteiger charge is -2.10.